The van der Waals surface area contributed by atoms with Gasteiger partial charge in [0.2, 0.25) is 15.9 Å². The van der Waals surface area contributed by atoms with Crippen molar-refractivity contribution in [3.05, 3.63) is 70.8 Å². The smallest absolute Gasteiger partial charge is 0.217 e. The third-order valence-electron chi connectivity index (χ3n) is 7.03. The molecule has 0 aromatic heterocycles. The summed E-state index contributed by atoms with van der Waals surface area (Å²) in [7, 11) is -3.33. The zero-order valence-electron chi connectivity index (χ0n) is 21.8. The van der Waals surface area contributed by atoms with E-state index in [1.807, 2.05) is 18.2 Å². The topological polar surface area (TPSA) is 98.7 Å². The highest BCUT2D eigenvalue weighted by molar-refractivity contribution is 7.88. The number of aliphatic hydroxyl groups excluding tert-OH is 1. The number of sulfonamides is 1. The molecule has 2 aromatic rings. The van der Waals surface area contributed by atoms with Gasteiger partial charge in [-0.25, -0.2) is 21.5 Å². The van der Waals surface area contributed by atoms with Crippen molar-refractivity contribution in [3.8, 4) is 0 Å². The van der Waals surface area contributed by atoms with E-state index in [-0.39, 0.29) is 18.9 Å². The molecule has 1 amide bonds. The van der Waals surface area contributed by atoms with Crippen molar-refractivity contribution in [2.75, 3.05) is 25.9 Å². The average molecular weight is 538 g/mol. The fraction of sp³-hybridized carbons (Fsp3) is 0.519. The van der Waals surface area contributed by atoms with Gasteiger partial charge < -0.3 is 15.7 Å². The van der Waals surface area contributed by atoms with Crippen molar-refractivity contribution in [3.63, 3.8) is 0 Å². The van der Waals surface area contributed by atoms with Crippen LogP contribution in [0.4, 0.5) is 8.78 Å². The van der Waals surface area contributed by atoms with Gasteiger partial charge in [-0.15, -0.1) is 0 Å². The molecule has 0 saturated carbocycles. The molecule has 3 rings (SSSR count). The summed E-state index contributed by atoms with van der Waals surface area (Å²) in [6, 6.07) is 10.5. The summed E-state index contributed by atoms with van der Waals surface area (Å²) >= 11 is 0. The van der Waals surface area contributed by atoms with E-state index >= 15 is 0 Å². The van der Waals surface area contributed by atoms with Crippen LogP contribution < -0.4 is 10.6 Å². The summed E-state index contributed by atoms with van der Waals surface area (Å²) < 4.78 is 53.2. The number of halogens is 2. The monoisotopic (exact) mass is 537 g/mol. The largest absolute Gasteiger partial charge is 0.390 e. The number of benzene rings is 2. The molecule has 1 saturated heterocycles. The molecule has 0 bridgehead atoms. The minimum absolute atomic E-state index is 0.0365. The second kappa shape index (κ2) is 12.0. The summed E-state index contributed by atoms with van der Waals surface area (Å²) in [4.78, 5) is 11.9. The van der Waals surface area contributed by atoms with Crippen LogP contribution in [0.3, 0.4) is 0 Å². The van der Waals surface area contributed by atoms with Gasteiger partial charge in [0, 0.05) is 38.2 Å². The molecular formula is C27H37F2N3O4S. The van der Waals surface area contributed by atoms with Crippen molar-refractivity contribution in [2.45, 2.75) is 63.6 Å². The van der Waals surface area contributed by atoms with Crippen LogP contribution in [0.1, 0.15) is 56.2 Å². The number of amides is 1. The van der Waals surface area contributed by atoms with E-state index in [0.717, 1.165) is 17.2 Å². The Morgan fingerprint density at radius 1 is 1.11 bits per heavy atom. The van der Waals surface area contributed by atoms with E-state index < -0.39 is 39.3 Å². The third kappa shape index (κ3) is 7.80. The van der Waals surface area contributed by atoms with Gasteiger partial charge in [-0.05, 0) is 54.0 Å². The first-order chi connectivity index (χ1) is 17.3. The molecule has 37 heavy (non-hydrogen) atoms. The number of carbonyl (C=O) groups is 1. The van der Waals surface area contributed by atoms with E-state index in [0.29, 0.717) is 37.4 Å². The lowest BCUT2D eigenvalue weighted by Crippen LogP contribution is -2.56. The van der Waals surface area contributed by atoms with Gasteiger partial charge in [0.15, 0.2) is 0 Å². The molecule has 3 N–H and O–H groups in total. The van der Waals surface area contributed by atoms with Crippen LogP contribution in [0.5, 0.6) is 0 Å². The molecule has 0 spiro atoms. The van der Waals surface area contributed by atoms with E-state index in [1.165, 1.54) is 29.6 Å². The maximum atomic E-state index is 13.7. The number of piperidine rings is 1. The van der Waals surface area contributed by atoms with Crippen molar-refractivity contribution in [2.24, 2.45) is 0 Å². The lowest BCUT2D eigenvalue weighted by Gasteiger charge is -2.43. The van der Waals surface area contributed by atoms with Crippen molar-refractivity contribution in [1.29, 1.82) is 0 Å². The molecule has 7 nitrogen and oxygen atoms in total. The highest BCUT2D eigenvalue weighted by Gasteiger charge is 2.39. The Bertz CT molecular complexity index is 1180. The number of rotatable bonds is 10. The molecule has 0 aliphatic carbocycles. The maximum Gasteiger partial charge on any atom is 0.217 e. The fourth-order valence-electron chi connectivity index (χ4n) is 4.93. The Morgan fingerprint density at radius 3 is 2.27 bits per heavy atom. The first-order valence-electron chi connectivity index (χ1n) is 12.5. The minimum Gasteiger partial charge on any atom is -0.390 e. The number of hydrogen-bond acceptors (Lipinski definition) is 5. The van der Waals surface area contributed by atoms with Gasteiger partial charge in [0.05, 0.1) is 18.4 Å². The van der Waals surface area contributed by atoms with Crippen molar-refractivity contribution >= 4 is 15.9 Å². The maximum absolute atomic E-state index is 13.7. The molecule has 1 fully saturated rings. The predicted molar refractivity (Wildman–Crippen MR) is 140 cm³/mol. The fourth-order valence-corrected chi connectivity index (χ4v) is 5.78. The normalized spacial score (nSPS) is 17.9. The van der Waals surface area contributed by atoms with Gasteiger partial charge >= 0.3 is 0 Å². The van der Waals surface area contributed by atoms with E-state index in [2.05, 4.69) is 30.5 Å². The minimum atomic E-state index is -3.33. The lowest BCUT2D eigenvalue weighted by atomic mass is 9.80. The number of carbonyl (C=O) groups excluding carboxylic acids is 1. The van der Waals surface area contributed by atoms with Gasteiger partial charge in [0.25, 0.3) is 0 Å². The standard InChI is InChI=1S/C27H37F2N3O4S/c1-18(2)21-6-5-7-22(15-21)27(8-10-32(11-9-27)37(4,35)36)30-17-26(34)25(31-19(3)33)14-20-12-23(28)16-24(29)13-20/h5-7,12-13,15-16,18,25-26,30,34H,8-11,14,17H2,1-4H3,(H,31,33)/t25-,26-/m0/s1. The third-order valence-corrected chi connectivity index (χ3v) is 8.33. The highest BCUT2D eigenvalue weighted by atomic mass is 32.2. The van der Waals surface area contributed by atoms with Crippen molar-refractivity contribution < 1.29 is 27.1 Å². The van der Waals surface area contributed by atoms with E-state index in [1.54, 1.807) is 0 Å². The Hall–Kier alpha value is -2.40. The molecule has 1 heterocycles. The van der Waals surface area contributed by atoms with Crippen LogP contribution in [0, 0.1) is 11.6 Å². The van der Waals surface area contributed by atoms with Crippen LogP contribution >= 0.6 is 0 Å². The molecule has 1 aliphatic heterocycles. The molecule has 204 valence electrons. The summed E-state index contributed by atoms with van der Waals surface area (Å²) in [5.41, 5.74) is 1.87. The quantitative estimate of drug-likeness (QED) is 0.433. The van der Waals surface area contributed by atoms with Crippen molar-refractivity contribution in [1.82, 2.24) is 14.9 Å². The van der Waals surface area contributed by atoms with Gasteiger partial charge in [-0.3, -0.25) is 4.79 Å². The molecule has 0 unspecified atom stereocenters. The first-order valence-corrected chi connectivity index (χ1v) is 14.3. The predicted octanol–water partition coefficient (Wildman–Crippen LogP) is 3.04. The average Bonchev–Trinajstić information content (AvgIpc) is 2.81. The summed E-state index contributed by atoms with van der Waals surface area (Å²) in [5, 5.41) is 17.3. The van der Waals surface area contributed by atoms with Crippen LogP contribution in [-0.4, -0.2) is 61.8 Å². The second-order valence-corrected chi connectivity index (χ2v) is 12.2. The van der Waals surface area contributed by atoms with Crippen LogP contribution in [0.2, 0.25) is 0 Å². The summed E-state index contributed by atoms with van der Waals surface area (Å²) in [6.45, 7) is 6.24. The SMILES string of the molecule is CC(=O)N[C@@H](Cc1cc(F)cc(F)c1)[C@@H](O)CNC1(c2cccc(C(C)C)c2)CCN(S(C)(=O)=O)CC1. The Morgan fingerprint density at radius 2 is 1.73 bits per heavy atom. The van der Waals surface area contributed by atoms with Gasteiger partial charge in [0.1, 0.15) is 11.6 Å². The number of aliphatic hydroxyl groups is 1. The zero-order chi connectivity index (χ0) is 27.4. The molecular weight excluding hydrogens is 500 g/mol. The summed E-state index contributed by atoms with van der Waals surface area (Å²) in [5.74, 6) is -1.53. The van der Waals surface area contributed by atoms with Gasteiger partial charge in [-0.2, -0.15) is 0 Å². The Balaban J connectivity index is 1.84. The Kier molecular flexibility index (Phi) is 9.44. The van der Waals surface area contributed by atoms with Crippen LogP contribution in [-0.2, 0) is 26.8 Å². The van der Waals surface area contributed by atoms with Gasteiger partial charge in [-0.1, -0.05) is 38.1 Å². The molecule has 2 aromatic carbocycles. The Labute approximate surface area is 218 Å². The highest BCUT2D eigenvalue weighted by Crippen LogP contribution is 2.35. The first kappa shape index (κ1) is 29.2. The molecule has 0 radical (unpaired) electrons. The zero-order valence-corrected chi connectivity index (χ0v) is 22.6. The van der Waals surface area contributed by atoms with E-state index in [9.17, 15) is 27.1 Å². The van der Waals surface area contributed by atoms with E-state index in [4.69, 9.17) is 0 Å². The summed E-state index contributed by atoms with van der Waals surface area (Å²) in [6.07, 6.45) is 1.15. The van der Waals surface area contributed by atoms with Crippen LogP contribution in [0.15, 0.2) is 42.5 Å². The molecule has 1 aliphatic rings. The molecule has 10 heteroatoms. The lowest BCUT2D eigenvalue weighted by molar-refractivity contribution is -0.120. The van der Waals surface area contributed by atoms with Crippen LogP contribution in [0.25, 0.3) is 0 Å². The number of nitrogens with zero attached hydrogens (tertiary/aromatic N) is 1. The second-order valence-electron chi connectivity index (χ2n) is 10.3. The number of nitrogens with one attached hydrogen (secondary N) is 2. The molecule has 2 atom stereocenters. The number of hydrogen-bond donors (Lipinski definition) is 3.